The van der Waals surface area contributed by atoms with Crippen LogP contribution in [0.2, 0.25) is 0 Å². The van der Waals surface area contributed by atoms with Gasteiger partial charge in [0.05, 0.1) is 17.9 Å². The Hall–Kier alpha value is -1.06. The molecule has 0 heterocycles. The van der Waals surface area contributed by atoms with Gasteiger partial charge in [0.15, 0.2) is 5.96 Å². The molecule has 0 aromatic rings. The fourth-order valence-corrected chi connectivity index (χ4v) is 3.07. The summed E-state index contributed by atoms with van der Waals surface area (Å²) in [6.45, 7) is 4.66. The number of nitrogens with zero attached hydrogens (tertiary/aromatic N) is 2. The van der Waals surface area contributed by atoms with Crippen LogP contribution in [0.4, 0.5) is 0 Å². The van der Waals surface area contributed by atoms with Crippen LogP contribution in [0.5, 0.6) is 0 Å². The Balaban J connectivity index is 0.00000576. The smallest absolute Gasteiger partial charge is 0.307 e. The largest absolute Gasteiger partial charge is 0.463 e. The van der Waals surface area contributed by atoms with Gasteiger partial charge in [-0.3, -0.25) is 14.6 Å². The number of esters is 1. The summed E-state index contributed by atoms with van der Waals surface area (Å²) in [4.78, 5) is 29.9. The van der Waals surface area contributed by atoms with Crippen molar-refractivity contribution in [1.82, 2.24) is 15.5 Å². The third-order valence-corrected chi connectivity index (χ3v) is 4.23. The van der Waals surface area contributed by atoms with E-state index in [2.05, 4.69) is 15.6 Å². The lowest BCUT2D eigenvalue weighted by molar-refractivity contribution is -0.147. The summed E-state index contributed by atoms with van der Waals surface area (Å²) < 4.78 is 5.09. The van der Waals surface area contributed by atoms with Crippen LogP contribution in [-0.4, -0.2) is 63.1 Å². The van der Waals surface area contributed by atoms with Gasteiger partial charge < -0.3 is 20.3 Å². The second-order valence-electron chi connectivity index (χ2n) is 6.83. The van der Waals surface area contributed by atoms with Crippen LogP contribution in [0.3, 0.4) is 0 Å². The van der Waals surface area contributed by atoms with Crippen molar-refractivity contribution in [3.05, 3.63) is 0 Å². The summed E-state index contributed by atoms with van der Waals surface area (Å²) in [6, 6.07) is 0. The van der Waals surface area contributed by atoms with Crippen molar-refractivity contribution in [3.8, 4) is 0 Å². The van der Waals surface area contributed by atoms with E-state index < -0.39 is 0 Å². The monoisotopic (exact) mass is 468 g/mol. The fraction of sp³-hybridized carbons (Fsp3) is 0.824. The number of aliphatic imine (C=N–C) groups is 1. The number of carbonyl (C=O) groups is 2. The minimum absolute atomic E-state index is 0. The molecule has 1 fully saturated rings. The van der Waals surface area contributed by atoms with Gasteiger partial charge in [-0.25, -0.2) is 0 Å². The lowest BCUT2D eigenvalue weighted by Crippen LogP contribution is -2.49. The first-order chi connectivity index (χ1) is 11.3. The van der Waals surface area contributed by atoms with E-state index in [-0.39, 0.29) is 53.8 Å². The highest BCUT2D eigenvalue weighted by Crippen LogP contribution is 2.38. The average Bonchev–Trinajstić information content (AvgIpc) is 2.99. The predicted molar refractivity (Wildman–Crippen MR) is 110 cm³/mol. The first-order valence-electron chi connectivity index (χ1n) is 8.66. The van der Waals surface area contributed by atoms with E-state index in [4.69, 9.17) is 4.74 Å². The molecule has 1 aliphatic carbocycles. The van der Waals surface area contributed by atoms with Gasteiger partial charge in [-0.2, -0.15) is 0 Å². The van der Waals surface area contributed by atoms with E-state index in [1.807, 2.05) is 13.8 Å². The van der Waals surface area contributed by atoms with Gasteiger partial charge in [0, 0.05) is 34.2 Å². The minimum atomic E-state index is -0.350. The summed E-state index contributed by atoms with van der Waals surface area (Å²) in [6.07, 6.45) is 4.13. The Morgan fingerprint density at radius 2 is 1.80 bits per heavy atom. The molecular weight excluding hydrogens is 435 g/mol. The number of hydrogen-bond acceptors (Lipinski definition) is 4. The Labute approximate surface area is 168 Å². The van der Waals surface area contributed by atoms with Gasteiger partial charge in [-0.05, 0) is 26.7 Å². The van der Waals surface area contributed by atoms with E-state index in [0.717, 1.165) is 25.7 Å². The third-order valence-electron chi connectivity index (χ3n) is 4.23. The first kappa shape index (κ1) is 23.9. The number of ether oxygens (including phenoxy) is 1. The maximum atomic E-state index is 12.5. The number of nitrogens with one attached hydrogen (secondary N) is 2. The van der Waals surface area contributed by atoms with Crippen LogP contribution in [0.25, 0.3) is 0 Å². The first-order valence-corrected chi connectivity index (χ1v) is 8.66. The van der Waals surface area contributed by atoms with Crippen LogP contribution >= 0.6 is 24.0 Å². The summed E-state index contributed by atoms with van der Waals surface area (Å²) in [7, 11) is 5.28. The van der Waals surface area contributed by atoms with Crippen molar-refractivity contribution in [1.29, 1.82) is 0 Å². The quantitative estimate of drug-likeness (QED) is 0.258. The van der Waals surface area contributed by atoms with Gasteiger partial charge >= 0.3 is 5.97 Å². The van der Waals surface area contributed by atoms with E-state index >= 15 is 0 Å². The van der Waals surface area contributed by atoms with Crippen LogP contribution in [0.1, 0.15) is 46.0 Å². The summed E-state index contributed by atoms with van der Waals surface area (Å²) in [5.41, 5.74) is -0.350. The molecule has 7 nitrogen and oxygen atoms in total. The molecule has 1 amide bonds. The Bertz CT molecular complexity index is 461. The second-order valence-corrected chi connectivity index (χ2v) is 6.83. The van der Waals surface area contributed by atoms with E-state index in [0.29, 0.717) is 19.0 Å². The van der Waals surface area contributed by atoms with E-state index in [1.54, 1.807) is 26.0 Å². The molecule has 1 saturated carbocycles. The van der Waals surface area contributed by atoms with Crippen LogP contribution < -0.4 is 10.6 Å². The minimum Gasteiger partial charge on any atom is -0.463 e. The molecule has 0 saturated heterocycles. The zero-order valence-corrected chi connectivity index (χ0v) is 18.4. The molecular formula is C17H33IN4O3. The number of rotatable bonds is 7. The average molecular weight is 468 g/mol. The van der Waals surface area contributed by atoms with E-state index in [9.17, 15) is 9.59 Å². The molecule has 0 atom stereocenters. The number of halogens is 1. The summed E-state index contributed by atoms with van der Waals surface area (Å²) in [5, 5.41) is 6.34. The molecule has 0 aromatic carbocycles. The number of carbonyl (C=O) groups excluding carboxylic acids is 2. The predicted octanol–water partition coefficient (Wildman–Crippen LogP) is 1.76. The van der Waals surface area contributed by atoms with Gasteiger partial charge in [0.2, 0.25) is 5.91 Å². The zero-order chi connectivity index (χ0) is 18.2. The Kier molecular flexibility index (Phi) is 11.0. The Morgan fingerprint density at radius 1 is 1.20 bits per heavy atom. The van der Waals surface area contributed by atoms with Crippen molar-refractivity contribution < 1.29 is 14.3 Å². The standard InChI is InChI=1S/C17H32N4O3.HI/c1-13(2)24-14(22)8-11-19-16(18-3)20-12-17(9-6-7-10-17)15(23)21(4)5;/h13H,6-12H2,1-5H3,(H2,18,19,20);1H. The molecule has 0 spiro atoms. The van der Waals surface area contributed by atoms with Gasteiger partial charge in [-0.15, -0.1) is 24.0 Å². The fourth-order valence-electron chi connectivity index (χ4n) is 3.07. The normalized spacial score (nSPS) is 16.2. The topological polar surface area (TPSA) is 83.0 Å². The van der Waals surface area contributed by atoms with Crippen molar-refractivity contribution in [3.63, 3.8) is 0 Å². The molecule has 8 heteroatoms. The molecule has 25 heavy (non-hydrogen) atoms. The van der Waals surface area contributed by atoms with Gasteiger partial charge in [0.1, 0.15) is 0 Å². The van der Waals surface area contributed by atoms with Crippen LogP contribution in [0, 0.1) is 5.41 Å². The maximum absolute atomic E-state index is 12.5. The highest BCUT2D eigenvalue weighted by molar-refractivity contribution is 14.0. The molecule has 0 aliphatic heterocycles. The summed E-state index contributed by atoms with van der Waals surface area (Å²) in [5.74, 6) is 0.539. The highest BCUT2D eigenvalue weighted by atomic mass is 127. The Morgan fingerprint density at radius 3 is 2.28 bits per heavy atom. The second kappa shape index (κ2) is 11.5. The van der Waals surface area contributed by atoms with Crippen LogP contribution in [-0.2, 0) is 14.3 Å². The van der Waals surface area contributed by atoms with Crippen LogP contribution in [0.15, 0.2) is 4.99 Å². The molecule has 0 radical (unpaired) electrons. The van der Waals surface area contributed by atoms with Crippen molar-refractivity contribution >= 4 is 41.8 Å². The molecule has 1 rings (SSSR count). The number of guanidine groups is 1. The zero-order valence-electron chi connectivity index (χ0n) is 16.1. The molecule has 0 aromatic heterocycles. The molecule has 0 unspecified atom stereocenters. The maximum Gasteiger partial charge on any atom is 0.307 e. The van der Waals surface area contributed by atoms with Crippen molar-refractivity contribution in [2.24, 2.45) is 10.4 Å². The number of amides is 1. The number of hydrogen-bond donors (Lipinski definition) is 2. The van der Waals surface area contributed by atoms with E-state index in [1.165, 1.54) is 0 Å². The molecule has 1 aliphatic rings. The summed E-state index contributed by atoms with van der Waals surface area (Å²) >= 11 is 0. The molecule has 2 N–H and O–H groups in total. The van der Waals surface area contributed by atoms with Crippen molar-refractivity contribution in [2.45, 2.75) is 52.1 Å². The lowest BCUT2D eigenvalue weighted by atomic mass is 9.84. The third kappa shape index (κ3) is 7.79. The van der Waals surface area contributed by atoms with Crippen molar-refractivity contribution in [2.75, 3.05) is 34.2 Å². The highest BCUT2D eigenvalue weighted by Gasteiger charge is 2.42. The SMILES string of the molecule is CN=C(NCCC(=O)OC(C)C)NCC1(C(=O)N(C)C)CCCC1.I. The van der Waals surface area contributed by atoms with Gasteiger partial charge in [0.25, 0.3) is 0 Å². The lowest BCUT2D eigenvalue weighted by Gasteiger charge is -2.31. The van der Waals surface area contributed by atoms with Gasteiger partial charge in [-0.1, -0.05) is 12.8 Å². The molecule has 0 bridgehead atoms. The molecule has 146 valence electrons.